The molecular formula is C6H8N6O4. The van der Waals surface area contributed by atoms with Crippen molar-refractivity contribution in [2.75, 3.05) is 13.2 Å². The largest absolute Gasteiger partial charge is 0.461 e. The van der Waals surface area contributed by atoms with Gasteiger partial charge in [-0.05, 0) is 23.9 Å². The number of rotatable bonds is 5. The average Bonchev–Trinajstić information content (AvgIpc) is 2.24. The van der Waals surface area contributed by atoms with Crippen molar-refractivity contribution < 1.29 is 19.1 Å². The van der Waals surface area contributed by atoms with Crippen LogP contribution in [0.15, 0.2) is 10.2 Å². The number of hydrogen-bond acceptors (Lipinski definition) is 4. The van der Waals surface area contributed by atoms with Crippen LogP contribution in [-0.4, -0.2) is 25.4 Å². The molecule has 0 N–H and O–H groups in total. The minimum absolute atomic E-state index is 0.0525. The number of carbonyl (C=O) groups excluding carboxylic acids is 2. The maximum absolute atomic E-state index is 10.5. The van der Waals surface area contributed by atoms with E-state index < -0.39 is 12.2 Å². The second kappa shape index (κ2) is 9.13. The lowest BCUT2D eigenvalue weighted by Gasteiger charge is -2.01. The van der Waals surface area contributed by atoms with Crippen molar-refractivity contribution in [3.8, 4) is 0 Å². The molecule has 10 heteroatoms. The van der Waals surface area contributed by atoms with Gasteiger partial charge in [0.25, 0.3) is 0 Å². The van der Waals surface area contributed by atoms with Gasteiger partial charge in [0, 0.05) is 20.1 Å². The van der Waals surface area contributed by atoms with Crippen molar-refractivity contribution >= 4 is 12.2 Å². The summed E-state index contributed by atoms with van der Waals surface area (Å²) < 4.78 is 8.91. The van der Waals surface area contributed by atoms with Gasteiger partial charge in [0.05, 0.1) is 13.2 Å². The van der Waals surface area contributed by atoms with Crippen LogP contribution < -0.4 is 0 Å². The van der Waals surface area contributed by atoms with Gasteiger partial charge in [-0.25, -0.2) is 9.59 Å². The molecule has 10 nitrogen and oxygen atoms in total. The molecule has 0 aliphatic rings. The minimum Gasteiger partial charge on any atom is -0.461 e. The molecule has 0 aromatic rings. The quantitative estimate of drug-likeness (QED) is 0.307. The van der Waals surface area contributed by atoms with E-state index >= 15 is 0 Å². The molecule has 0 aliphatic heterocycles. The molecule has 0 radical (unpaired) electrons. The van der Waals surface area contributed by atoms with E-state index in [1.807, 2.05) is 0 Å². The summed E-state index contributed by atoms with van der Waals surface area (Å²) in [5, 5.41) is 5.35. The van der Waals surface area contributed by atoms with Crippen LogP contribution in [0, 0.1) is 0 Å². The molecule has 0 rings (SSSR count). The predicted molar refractivity (Wildman–Crippen MR) is 50.2 cm³/mol. The van der Waals surface area contributed by atoms with Crippen LogP contribution in [0.2, 0.25) is 0 Å². The second-order valence-electron chi connectivity index (χ2n) is 2.31. The van der Waals surface area contributed by atoms with Gasteiger partial charge >= 0.3 is 12.2 Å². The van der Waals surface area contributed by atoms with Crippen LogP contribution >= 0.6 is 0 Å². The molecule has 0 heterocycles. The second-order valence-corrected chi connectivity index (χ2v) is 2.31. The Labute approximate surface area is 89.4 Å². The van der Waals surface area contributed by atoms with Crippen molar-refractivity contribution in [1.82, 2.24) is 0 Å². The van der Waals surface area contributed by atoms with E-state index in [4.69, 9.17) is 11.1 Å². The number of hydrogen-bond donors (Lipinski definition) is 0. The Morgan fingerprint density at radius 1 is 0.938 bits per heavy atom. The topological polar surface area (TPSA) is 150 Å². The minimum atomic E-state index is -1.01. The lowest BCUT2D eigenvalue weighted by atomic mass is 10.3. The highest BCUT2D eigenvalue weighted by Crippen LogP contribution is 1.95. The molecule has 0 saturated heterocycles. The van der Waals surface area contributed by atoms with E-state index in [1.165, 1.54) is 0 Å². The Bertz CT molecular complexity index is 309. The molecule has 0 aromatic carbocycles. The molecule has 0 spiro atoms. The molecule has 0 saturated carbocycles. The number of ether oxygens (including phenoxy) is 2. The van der Waals surface area contributed by atoms with Crippen molar-refractivity contribution in [2.24, 2.45) is 10.2 Å². The highest BCUT2D eigenvalue weighted by Gasteiger charge is 1.99. The Morgan fingerprint density at radius 2 is 1.31 bits per heavy atom. The summed E-state index contributed by atoms with van der Waals surface area (Å²) in [6.45, 7) is 0.105. The molecule has 2 amide bonds. The van der Waals surface area contributed by atoms with Gasteiger partial charge in [-0.2, -0.15) is 0 Å². The van der Waals surface area contributed by atoms with Gasteiger partial charge in [-0.1, -0.05) is 0 Å². The first-order chi connectivity index (χ1) is 7.70. The monoisotopic (exact) mass is 228 g/mol. The fourth-order valence-electron chi connectivity index (χ4n) is 0.654. The molecule has 0 atom stereocenters. The van der Waals surface area contributed by atoms with Crippen LogP contribution in [0.3, 0.4) is 0 Å². The molecular weight excluding hydrogens is 220 g/mol. The van der Waals surface area contributed by atoms with Crippen molar-refractivity contribution in [3.05, 3.63) is 20.9 Å². The smallest absolute Gasteiger partial charge is 0.396 e. The standard InChI is InChI=1S/C6H8N6O4/c7-11-9-5(13)15-3-1-2-4-16-6(14)10-12-8/h1-4H2. The van der Waals surface area contributed by atoms with Gasteiger partial charge < -0.3 is 9.47 Å². The molecule has 0 aliphatic carbocycles. The van der Waals surface area contributed by atoms with Crippen molar-refractivity contribution in [3.63, 3.8) is 0 Å². The molecule has 16 heavy (non-hydrogen) atoms. The Kier molecular flexibility index (Phi) is 7.74. The highest BCUT2D eigenvalue weighted by atomic mass is 16.6. The summed E-state index contributed by atoms with van der Waals surface area (Å²) in [5.41, 5.74) is 15.7. The van der Waals surface area contributed by atoms with Crippen LogP contribution in [0.4, 0.5) is 9.59 Å². The third-order valence-electron chi connectivity index (χ3n) is 1.24. The first kappa shape index (κ1) is 13.6. The number of azide groups is 2. The van der Waals surface area contributed by atoms with E-state index in [1.54, 1.807) is 0 Å². The third-order valence-corrected chi connectivity index (χ3v) is 1.24. The van der Waals surface area contributed by atoms with Gasteiger partial charge in [0.15, 0.2) is 0 Å². The van der Waals surface area contributed by atoms with Gasteiger partial charge in [-0.3, -0.25) is 0 Å². The summed E-state index contributed by atoms with van der Waals surface area (Å²) in [6, 6.07) is 0. The van der Waals surface area contributed by atoms with Crippen LogP contribution in [0.25, 0.3) is 20.9 Å². The van der Waals surface area contributed by atoms with E-state index in [9.17, 15) is 9.59 Å². The number of unbranched alkanes of at least 4 members (excludes halogenated alkanes) is 1. The molecule has 86 valence electrons. The lowest BCUT2D eigenvalue weighted by Crippen LogP contribution is -2.03. The van der Waals surface area contributed by atoms with Gasteiger partial charge in [0.2, 0.25) is 0 Å². The summed E-state index contributed by atoms with van der Waals surface area (Å²) in [7, 11) is 0. The maximum Gasteiger partial charge on any atom is 0.396 e. The zero-order chi connectivity index (χ0) is 12.2. The zero-order valence-corrected chi connectivity index (χ0v) is 8.14. The number of amides is 2. The van der Waals surface area contributed by atoms with E-state index in [0.29, 0.717) is 12.8 Å². The number of nitrogens with zero attached hydrogens (tertiary/aromatic N) is 6. The van der Waals surface area contributed by atoms with Crippen molar-refractivity contribution in [1.29, 1.82) is 0 Å². The maximum atomic E-state index is 10.5. The van der Waals surface area contributed by atoms with Crippen LogP contribution in [0.1, 0.15) is 12.8 Å². The average molecular weight is 228 g/mol. The first-order valence-corrected chi connectivity index (χ1v) is 4.14. The predicted octanol–water partition coefficient (Wildman–Crippen LogP) is 2.66. The van der Waals surface area contributed by atoms with E-state index in [-0.39, 0.29) is 13.2 Å². The zero-order valence-electron chi connectivity index (χ0n) is 8.14. The Morgan fingerprint density at radius 3 is 1.62 bits per heavy atom. The summed E-state index contributed by atoms with van der Waals surface area (Å²) >= 11 is 0. The Balaban J connectivity index is 3.40. The summed E-state index contributed by atoms with van der Waals surface area (Å²) in [4.78, 5) is 25.4. The highest BCUT2D eigenvalue weighted by molar-refractivity contribution is 5.68. The molecule has 0 fully saturated rings. The van der Waals surface area contributed by atoms with Gasteiger partial charge in [-0.15, -0.1) is 0 Å². The Hall–Kier alpha value is -2.44. The van der Waals surface area contributed by atoms with E-state index in [2.05, 4.69) is 29.5 Å². The van der Waals surface area contributed by atoms with E-state index in [0.717, 1.165) is 0 Å². The van der Waals surface area contributed by atoms with Crippen LogP contribution in [-0.2, 0) is 9.47 Å². The fraction of sp³-hybridized carbons (Fsp3) is 0.667. The van der Waals surface area contributed by atoms with Gasteiger partial charge in [0.1, 0.15) is 0 Å². The lowest BCUT2D eigenvalue weighted by molar-refractivity contribution is 0.138. The molecule has 0 unspecified atom stereocenters. The van der Waals surface area contributed by atoms with Crippen LogP contribution in [0.5, 0.6) is 0 Å². The third kappa shape index (κ3) is 8.17. The SMILES string of the molecule is [N-]=[N+]=NC(=O)OCCCCOC(=O)N=[N+]=[N-]. The van der Waals surface area contributed by atoms with Crippen molar-refractivity contribution in [2.45, 2.75) is 12.8 Å². The molecule has 0 bridgehead atoms. The molecule has 0 aromatic heterocycles. The fourth-order valence-corrected chi connectivity index (χ4v) is 0.654. The summed E-state index contributed by atoms with van der Waals surface area (Å²) in [6.07, 6.45) is -1.16. The number of carbonyl (C=O) groups is 2. The summed E-state index contributed by atoms with van der Waals surface area (Å²) in [5.74, 6) is 0. The normalized spacial score (nSPS) is 8.25. The first-order valence-electron chi connectivity index (χ1n) is 4.14.